The first kappa shape index (κ1) is 26.1. The van der Waals surface area contributed by atoms with E-state index < -0.39 is 0 Å². The van der Waals surface area contributed by atoms with Crippen LogP contribution in [-0.2, 0) is 12.8 Å². The minimum absolute atomic E-state index is 0.884. The van der Waals surface area contributed by atoms with Crippen LogP contribution in [0.5, 0.6) is 0 Å². The third-order valence-electron chi connectivity index (χ3n) is 5.50. The molecule has 0 unspecified atom stereocenters. The molecule has 1 aliphatic carbocycles. The molecule has 0 spiro atoms. The minimum Gasteiger partial charge on any atom is -0.0683 e. The highest BCUT2D eigenvalue weighted by atomic mass is 14.0. The SMILES string of the molecule is CC.CCCCCc1ccc(C#CC2=C=C=C(C#Cc3ccc(CCCC)cc3)CC2)cc1. The zero-order chi connectivity index (χ0) is 23.7. The molecule has 170 valence electrons. The lowest BCUT2D eigenvalue weighted by atomic mass is 10.0. The molecule has 0 heterocycles. The molecule has 3 rings (SSSR count). The smallest absolute Gasteiger partial charge is 0.0529 e. The lowest BCUT2D eigenvalue weighted by molar-refractivity contribution is 0.717. The maximum absolute atomic E-state index is 3.27. The quantitative estimate of drug-likeness (QED) is 0.232. The van der Waals surface area contributed by atoms with Crippen molar-refractivity contribution in [1.82, 2.24) is 0 Å². The van der Waals surface area contributed by atoms with Gasteiger partial charge < -0.3 is 0 Å². The van der Waals surface area contributed by atoms with Crippen molar-refractivity contribution in [2.45, 2.75) is 85.5 Å². The van der Waals surface area contributed by atoms with Crippen LogP contribution in [0.1, 0.15) is 94.9 Å². The van der Waals surface area contributed by atoms with Crippen LogP contribution in [0.15, 0.2) is 71.1 Å². The first-order chi connectivity index (χ1) is 16.3. The van der Waals surface area contributed by atoms with Crippen molar-refractivity contribution >= 4 is 0 Å². The molecule has 0 saturated carbocycles. The van der Waals surface area contributed by atoms with Gasteiger partial charge in [-0.2, -0.15) is 0 Å². The third-order valence-corrected chi connectivity index (χ3v) is 5.50. The van der Waals surface area contributed by atoms with Crippen molar-refractivity contribution in [1.29, 1.82) is 0 Å². The van der Waals surface area contributed by atoms with Gasteiger partial charge in [0.25, 0.3) is 0 Å². The molecule has 0 aromatic heterocycles. The zero-order valence-electron chi connectivity index (χ0n) is 21.0. The summed E-state index contributed by atoms with van der Waals surface area (Å²) >= 11 is 0. The summed E-state index contributed by atoms with van der Waals surface area (Å²) in [5.41, 5.74) is 13.3. The summed E-state index contributed by atoms with van der Waals surface area (Å²) in [7, 11) is 0. The first-order valence-electron chi connectivity index (χ1n) is 12.7. The normalized spacial score (nSPS) is 11.6. The average molecular weight is 435 g/mol. The molecule has 2 aromatic rings. The summed E-state index contributed by atoms with van der Waals surface area (Å²) in [4.78, 5) is 0. The van der Waals surface area contributed by atoms with Crippen LogP contribution in [0.3, 0.4) is 0 Å². The highest BCUT2D eigenvalue weighted by Gasteiger charge is 2.01. The molecule has 0 saturated heterocycles. The molecule has 0 bridgehead atoms. The predicted octanol–water partition coefficient (Wildman–Crippen LogP) is 8.59. The maximum atomic E-state index is 3.27. The number of hydrogen-bond donors (Lipinski definition) is 0. The van der Waals surface area contributed by atoms with Gasteiger partial charge in [0, 0.05) is 11.1 Å². The Bertz CT molecular complexity index is 1070. The Hall–Kier alpha value is -3.14. The molecule has 0 radical (unpaired) electrons. The van der Waals surface area contributed by atoms with Crippen LogP contribution < -0.4 is 0 Å². The Morgan fingerprint density at radius 3 is 1.39 bits per heavy atom. The standard InChI is InChI=1S/C31H32.C2H6/c1-3-5-7-9-27-12-16-29(17-13-27)19-21-31-24-22-30(23-25-31)20-18-28-14-10-26(11-15-28)8-6-4-2;1-2/h10-17H,3-9,22,24H2,1-2H3;1-2H3. The molecule has 0 fully saturated rings. The fraction of sp³-hybridized carbons (Fsp3) is 0.394. The predicted molar refractivity (Wildman–Crippen MR) is 143 cm³/mol. The Morgan fingerprint density at radius 1 is 0.576 bits per heavy atom. The highest BCUT2D eigenvalue weighted by Crippen LogP contribution is 2.14. The summed E-state index contributed by atoms with van der Waals surface area (Å²) in [6.07, 6.45) is 10.4. The van der Waals surface area contributed by atoms with Crippen molar-refractivity contribution in [3.8, 4) is 23.7 Å². The second-order valence-corrected chi connectivity index (χ2v) is 8.16. The maximum Gasteiger partial charge on any atom is 0.0529 e. The monoisotopic (exact) mass is 434 g/mol. The van der Waals surface area contributed by atoms with Gasteiger partial charge in [0.2, 0.25) is 0 Å². The van der Waals surface area contributed by atoms with E-state index in [9.17, 15) is 0 Å². The van der Waals surface area contributed by atoms with E-state index in [1.807, 2.05) is 13.8 Å². The summed E-state index contributed by atoms with van der Waals surface area (Å²) in [6.45, 7) is 8.47. The number of rotatable bonds is 7. The summed E-state index contributed by atoms with van der Waals surface area (Å²) in [5, 5.41) is 0. The molecular formula is C33H38. The van der Waals surface area contributed by atoms with E-state index in [1.54, 1.807) is 0 Å². The topological polar surface area (TPSA) is 0 Å². The first-order valence-corrected chi connectivity index (χ1v) is 12.7. The lowest BCUT2D eigenvalue weighted by Crippen LogP contribution is -1.88. The Kier molecular flexibility index (Phi) is 12.4. The van der Waals surface area contributed by atoms with Crippen molar-refractivity contribution in [3.05, 3.63) is 93.4 Å². The molecule has 0 amide bonds. The Balaban J connectivity index is 0.00000187. The van der Waals surface area contributed by atoms with Gasteiger partial charge in [-0.3, -0.25) is 0 Å². The van der Waals surface area contributed by atoms with Gasteiger partial charge in [-0.05, 0) is 73.9 Å². The van der Waals surface area contributed by atoms with Gasteiger partial charge >= 0.3 is 0 Å². The molecular weight excluding hydrogens is 396 g/mol. The van der Waals surface area contributed by atoms with Crippen LogP contribution in [0.25, 0.3) is 0 Å². The second kappa shape index (κ2) is 15.6. The average Bonchev–Trinajstić information content (AvgIpc) is 2.88. The number of unbranched alkanes of at least 4 members (excludes halogenated alkanes) is 3. The van der Waals surface area contributed by atoms with Crippen molar-refractivity contribution in [2.24, 2.45) is 0 Å². The van der Waals surface area contributed by atoms with E-state index in [1.165, 1.54) is 43.2 Å². The van der Waals surface area contributed by atoms with Gasteiger partial charge in [0.15, 0.2) is 0 Å². The van der Waals surface area contributed by atoms with Crippen molar-refractivity contribution < 1.29 is 0 Å². The number of hydrogen-bond acceptors (Lipinski definition) is 0. The van der Waals surface area contributed by atoms with Crippen LogP contribution in [0.4, 0.5) is 0 Å². The lowest BCUT2D eigenvalue weighted by Gasteiger charge is -2.01. The number of benzene rings is 2. The summed E-state index contributed by atoms with van der Waals surface area (Å²) < 4.78 is 0. The van der Waals surface area contributed by atoms with E-state index in [0.29, 0.717) is 0 Å². The van der Waals surface area contributed by atoms with Gasteiger partial charge in [0.05, 0.1) is 11.1 Å². The molecule has 0 nitrogen and oxygen atoms in total. The van der Waals surface area contributed by atoms with Gasteiger partial charge in [-0.25, -0.2) is 0 Å². The van der Waals surface area contributed by atoms with Crippen molar-refractivity contribution in [3.63, 3.8) is 0 Å². The van der Waals surface area contributed by atoms with E-state index in [2.05, 4.69) is 97.5 Å². The highest BCUT2D eigenvalue weighted by molar-refractivity contribution is 5.45. The third kappa shape index (κ3) is 9.90. The van der Waals surface area contributed by atoms with E-state index >= 15 is 0 Å². The summed E-state index contributed by atoms with van der Waals surface area (Å²) in [5.74, 6) is 13.0. The fourth-order valence-corrected chi connectivity index (χ4v) is 3.48. The molecule has 1 aliphatic rings. The van der Waals surface area contributed by atoms with E-state index in [4.69, 9.17) is 0 Å². The molecule has 0 aliphatic heterocycles. The largest absolute Gasteiger partial charge is 0.0683 e. The minimum atomic E-state index is 0.884. The fourth-order valence-electron chi connectivity index (χ4n) is 3.48. The number of allylic oxidation sites excluding steroid dienone is 2. The molecule has 0 heteroatoms. The Labute approximate surface area is 202 Å². The molecule has 0 N–H and O–H groups in total. The van der Waals surface area contributed by atoms with Gasteiger partial charge in [-0.1, -0.05) is 106 Å². The van der Waals surface area contributed by atoms with E-state index in [0.717, 1.165) is 48.0 Å². The van der Waals surface area contributed by atoms with Crippen LogP contribution in [0.2, 0.25) is 0 Å². The van der Waals surface area contributed by atoms with Gasteiger partial charge in [0.1, 0.15) is 0 Å². The van der Waals surface area contributed by atoms with Crippen LogP contribution in [0, 0.1) is 23.7 Å². The van der Waals surface area contributed by atoms with Gasteiger partial charge in [-0.15, -0.1) is 0 Å². The zero-order valence-corrected chi connectivity index (χ0v) is 21.0. The number of aryl methyl sites for hydroxylation is 2. The molecule has 33 heavy (non-hydrogen) atoms. The van der Waals surface area contributed by atoms with E-state index in [-0.39, 0.29) is 0 Å². The Morgan fingerprint density at radius 2 is 1.00 bits per heavy atom. The summed E-state index contributed by atoms with van der Waals surface area (Å²) in [6, 6.07) is 17.3. The molecule has 0 atom stereocenters. The van der Waals surface area contributed by atoms with Crippen LogP contribution in [-0.4, -0.2) is 0 Å². The van der Waals surface area contributed by atoms with Crippen molar-refractivity contribution in [2.75, 3.05) is 0 Å². The van der Waals surface area contributed by atoms with Crippen LogP contribution >= 0.6 is 0 Å². The molecule has 2 aromatic carbocycles. The second-order valence-electron chi connectivity index (χ2n) is 8.16.